The molecule has 2 N–H and O–H groups in total. The van der Waals surface area contributed by atoms with Crippen molar-refractivity contribution in [3.8, 4) is 0 Å². The number of pyridine rings is 1. The minimum absolute atomic E-state index is 0.0254. The molecule has 3 aromatic rings. The first-order valence-electron chi connectivity index (χ1n) is 8.00. The molecule has 0 radical (unpaired) electrons. The number of ketones is 1. The highest BCUT2D eigenvalue weighted by atomic mass is 16.2. The number of aromatic nitrogens is 3. The number of nitrogens with zero attached hydrogens (tertiary/aromatic N) is 3. The fourth-order valence-electron chi connectivity index (χ4n) is 2.20. The molecule has 7 nitrogen and oxygen atoms in total. The normalized spacial score (nSPS) is 10.2. The summed E-state index contributed by atoms with van der Waals surface area (Å²) in [6.07, 6.45) is 4.62. The molecule has 0 saturated heterocycles. The average molecular weight is 347 g/mol. The van der Waals surface area contributed by atoms with E-state index in [1.165, 1.54) is 19.3 Å². The molecule has 1 amide bonds. The van der Waals surface area contributed by atoms with Crippen LogP contribution in [0.15, 0.2) is 61.1 Å². The van der Waals surface area contributed by atoms with Crippen LogP contribution < -0.4 is 10.6 Å². The van der Waals surface area contributed by atoms with Crippen molar-refractivity contribution in [3.63, 3.8) is 0 Å². The minimum atomic E-state index is -0.371. The summed E-state index contributed by atoms with van der Waals surface area (Å²) in [5.41, 5.74) is 2.25. The van der Waals surface area contributed by atoms with Gasteiger partial charge in [-0.05, 0) is 43.3 Å². The topological polar surface area (TPSA) is 96.9 Å². The van der Waals surface area contributed by atoms with E-state index < -0.39 is 0 Å². The van der Waals surface area contributed by atoms with Crippen LogP contribution in [-0.2, 0) is 6.54 Å². The van der Waals surface area contributed by atoms with Gasteiger partial charge in [0.15, 0.2) is 5.78 Å². The van der Waals surface area contributed by atoms with Crippen LogP contribution >= 0.6 is 0 Å². The van der Waals surface area contributed by atoms with Gasteiger partial charge in [0.2, 0.25) is 0 Å². The fourth-order valence-corrected chi connectivity index (χ4v) is 2.20. The Balaban J connectivity index is 1.58. The smallest absolute Gasteiger partial charge is 0.275 e. The SMILES string of the molecule is CC(=O)c1ccc(NC(=O)c2cnc(NCc3ccccn3)cn2)cc1. The molecule has 2 aromatic heterocycles. The molecule has 0 saturated carbocycles. The van der Waals surface area contributed by atoms with E-state index in [1.54, 1.807) is 30.5 Å². The molecule has 0 unspecified atom stereocenters. The zero-order chi connectivity index (χ0) is 18.4. The molecular formula is C19H17N5O2. The van der Waals surface area contributed by atoms with Crippen LogP contribution in [-0.4, -0.2) is 26.6 Å². The highest BCUT2D eigenvalue weighted by molar-refractivity contribution is 6.03. The summed E-state index contributed by atoms with van der Waals surface area (Å²) in [7, 11) is 0. The Morgan fingerprint density at radius 3 is 2.38 bits per heavy atom. The van der Waals surface area contributed by atoms with Crippen LogP contribution in [0.1, 0.15) is 33.5 Å². The lowest BCUT2D eigenvalue weighted by Crippen LogP contribution is -2.14. The first-order chi connectivity index (χ1) is 12.6. The van der Waals surface area contributed by atoms with Crippen molar-refractivity contribution in [2.45, 2.75) is 13.5 Å². The van der Waals surface area contributed by atoms with Crippen molar-refractivity contribution in [2.24, 2.45) is 0 Å². The van der Waals surface area contributed by atoms with E-state index in [1.807, 2.05) is 18.2 Å². The molecule has 130 valence electrons. The molecule has 0 aliphatic carbocycles. The number of hydrogen-bond donors (Lipinski definition) is 2. The molecule has 0 atom stereocenters. The van der Waals surface area contributed by atoms with Gasteiger partial charge in [-0.1, -0.05) is 6.07 Å². The van der Waals surface area contributed by atoms with Gasteiger partial charge in [-0.2, -0.15) is 0 Å². The molecule has 26 heavy (non-hydrogen) atoms. The van der Waals surface area contributed by atoms with Crippen LogP contribution in [0, 0.1) is 0 Å². The second kappa shape index (κ2) is 7.98. The number of benzene rings is 1. The third-order valence-corrected chi connectivity index (χ3v) is 3.61. The number of nitrogens with one attached hydrogen (secondary N) is 2. The van der Waals surface area contributed by atoms with Crippen LogP contribution in [0.3, 0.4) is 0 Å². The summed E-state index contributed by atoms with van der Waals surface area (Å²) in [4.78, 5) is 36.0. The van der Waals surface area contributed by atoms with Crippen LogP contribution in [0.4, 0.5) is 11.5 Å². The molecule has 7 heteroatoms. The standard InChI is InChI=1S/C19H17N5O2/c1-13(25)14-5-7-15(8-6-14)24-19(26)17-11-23-18(12-21-17)22-10-16-4-2-3-9-20-16/h2-9,11-12H,10H2,1H3,(H,22,23)(H,24,26). The van der Waals surface area contributed by atoms with Crippen molar-refractivity contribution in [1.29, 1.82) is 0 Å². The summed E-state index contributed by atoms with van der Waals surface area (Å²) in [5.74, 6) is 0.157. The second-order valence-corrected chi connectivity index (χ2v) is 5.55. The monoisotopic (exact) mass is 347 g/mol. The van der Waals surface area contributed by atoms with Crippen LogP contribution in [0.2, 0.25) is 0 Å². The maximum atomic E-state index is 12.2. The molecule has 0 spiro atoms. The Morgan fingerprint density at radius 1 is 0.962 bits per heavy atom. The van der Waals surface area contributed by atoms with Gasteiger partial charge in [-0.25, -0.2) is 9.97 Å². The molecule has 0 aliphatic rings. The second-order valence-electron chi connectivity index (χ2n) is 5.55. The molecule has 1 aromatic carbocycles. The van der Waals surface area contributed by atoms with Gasteiger partial charge in [0.1, 0.15) is 11.5 Å². The number of carbonyl (C=O) groups excluding carboxylic acids is 2. The van der Waals surface area contributed by atoms with E-state index >= 15 is 0 Å². The van der Waals surface area contributed by atoms with Crippen molar-refractivity contribution < 1.29 is 9.59 Å². The summed E-state index contributed by atoms with van der Waals surface area (Å²) in [6, 6.07) is 12.3. The quantitative estimate of drug-likeness (QED) is 0.666. The molecule has 0 bridgehead atoms. The number of rotatable bonds is 6. The van der Waals surface area contributed by atoms with Crippen LogP contribution in [0.25, 0.3) is 0 Å². The number of carbonyl (C=O) groups is 2. The molecule has 0 aliphatic heterocycles. The zero-order valence-corrected chi connectivity index (χ0v) is 14.1. The van der Waals surface area contributed by atoms with Crippen molar-refractivity contribution in [3.05, 3.63) is 78.0 Å². The van der Waals surface area contributed by atoms with E-state index in [0.29, 0.717) is 23.6 Å². The van der Waals surface area contributed by atoms with Gasteiger partial charge in [-0.3, -0.25) is 14.6 Å². The van der Waals surface area contributed by atoms with Crippen LogP contribution in [0.5, 0.6) is 0 Å². The lowest BCUT2D eigenvalue weighted by atomic mass is 10.1. The average Bonchev–Trinajstić information content (AvgIpc) is 2.68. The largest absolute Gasteiger partial charge is 0.363 e. The summed E-state index contributed by atoms with van der Waals surface area (Å²) in [5, 5.41) is 5.81. The molecule has 0 fully saturated rings. The van der Waals surface area contributed by atoms with Crippen molar-refractivity contribution in [2.75, 3.05) is 10.6 Å². The van der Waals surface area contributed by atoms with Gasteiger partial charge >= 0.3 is 0 Å². The number of anilines is 2. The Labute approximate surface area is 150 Å². The summed E-state index contributed by atoms with van der Waals surface area (Å²) >= 11 is 0. The highest BCUT2D eigenvalue weighted by Gasteiger charge is 2.09. The molecule has 3 rings (SSSR count). The maximum Gasteiger partial charge on any atom is 0.275 e. The van der Waals surface area contributed by atoms with Gasteiger partial charge in [0.05, 0.1) is 24.6 Å². The van der Waals surface area contributed by atoms with E-state index in [4.69, 9.17) is 0 Å². The van der Waals surface area contributed by atoms with Gasteiger partial charge in [-0.15, -0.1) is 0 Å². The van der Waals surface area contributed by atoms with E-state index in [-0.39, 0.29) is 17.4 Å². The van der Waals surface area contributed by atoms with Gasteiger partial charge < -0.3 is 10.6 Å². The third kappa shape index (κ3) is 4.47. The Kier molecular flexibility index (Phi) is 5.28. The van der Waals surface area contributed by atoms with Gasteiger partial charge in [0.25, 0.3) is 5.91 Å². The first-order valence-corrected chi connectivity index (χ1v) is 8.00. The van der Waals surface area contributed by atoms with E-state index in [9.17, 15) is 9.59 Å². The lowest BCUT2D eigenvalue weighted by Gasteiger charge is -2.07. The maximum absolute atomic E-state index is 12.2. The summed E-state index contributed by atoms with van der Waals surface area (Å²) < 4.78 is 0. The summed E-state index contributed by atoms with van der Waals surface area (Å²) in [6.45, 7) is 2.01. The Morgan fingerprint density at radius 2 is 1.77 bits per heavy atom. The lowest BCUT2D eigenvalue weighted by molar-refractivity contribution is 0.101. The molecular weight excluding hydrogens is 330 g/mol. The zero-order valence-electron chi connectivity index (χ0n) is 14.1. The predicted molar refractivity (Wildman–Crippen MR) is 98.0 cm³/mol. The van der Waals surface area contributed by atoms with Gasteiger partial charge in [0, 0.05) is 17.4 Å². The number of Topliss-reactive ketones (excluding diaryl/α,β-unsaturated/α-hetero) is 1. The van der Waals surface area contributed by atoms with E-state index in [0.717, 1.165) is 5.69 Å². The molecule has 2 heterocycles. The Hall–Kier alpha value is -3.61. The number of amides is 1. The number of hydrogen-bond acceptors (Lipinski definition) is 6. The van der Waals surface area contributed by atoms with Crippen molar-refractivity contribution >= 4 is 23.2 Å². The minimum Gasteiger partial charge on any atom is -0.363 e. The fraction of sp³-hybridized carbons (Fsp3) is 0.105. The first kappa shape index (κ1) is 17.2. The highest BCUT2D eigenvalue weighted by Crippen LogP contribution is 2.11. The predicted octanol–water partition coefficient (Wildman–Crippen LogP) is 2.94. The Bertz CT molecular complexity index is 893. The third-order valence-electron chi connectivity index (χ3n) is 3.61. The van der Waals surface area contributed by atoms with E-state index in [2.05, 4.69) is 25.6 Å². The van der Waals surface area contributed by atoms with Crippen molar-refractivity contribution in [1.82, 2.24) is 15.0 Å².